The van der Waals surface area contributed by atoms with Gasteiger partial charge < -0.3 is 14.3 Å². The second kappa shape index (κ2) is 6.41. The van der Waals surface area contributed by atoms with Gasteiger partial charge in [-0.2, -0.15) is 0 Å². The third-order valence-electron chi connectivity index (χ3n) is 5.45. The van der Waals surface area contributed by atoms with Crippen molar-refractivity contribution in [2.45, 2.75) is 52.0 Å². The Morgan fingerprint density at radius 1 is 1.14 bits per heavy atom. The van der Waals surface area contributed by atoms with E-state index in [0.29, 0.717) is 23.1 Å². The summed E-state index contributed by atoms with van der Waals surface area (Å²) in [4.78, 5) is 17.2. The van der Waals surface area contributed by atoms with Gasteiger partial charge in [0.25, 0.3) is 5.91 Å². The molecule has 1 aromatic rings. The number of carbonyl (C=O) groups is 1. The van der Waals surface area contributed by atoms with Crippen LogP contribution in [0, 0.1) is 19.8 Å². The van der Waals surface area contributed by atoms with Crippen LogP contribution in [0.25, 0.3) is 0 Å². The third-order valence-corrected chi connectivity index (χ3v) is 5.45. The molecule has 1 unspecified atom stereocenters. The smallest absolute Gasteiger partial charge is 0.259 e. The monoisotopic (exact) mass is 305 g/mol. The van der Waals surface area contributed by atoms with Crippen LogP contribution in [-0.4, -0.2) is 53.6 Å². The van der Waals surface area contributed by atoms with Gasteiger partial charge in [0.15, 0.2) is 0 Å². The van der Waals surface area contributed by atoms with Gasteiger partial charge in [-0.1, -0.05) is 11.6 Å². The fraction of sp³-hybridized carbons (Fsp3) is 0.765. The summed E-state index contributed by atoms with van der Waals surface area (Å²) in [6.07, 6.45) is 6.23. The molecule has 3 heterocycles. The summed E-state index contributed by atoms with van der Waals surface area (Å²) < 4.78 is 5.13. The Morgan fingerprint density at radius 2 is 1.86 bits per heavy atom. The van der Waals surface area contributed by atoms with Crippen molar-refractivity contribution in [3.05, 3.63) is 17.0 Å². The molecule has 3 rings (SSSR count). The molecule has 122 valence electrons. The molecule has 0 radical (unpaired) electrons. The van der Waals surface area contributed by atoms with Gasteiger partial charge >= 0.3 is 0 Å². The molecule has 0 aliphatic carbocycles. The molecule has 1 atom stereocenters. The summed E-state index contributed by atoms with van der Waals surface area (Å²) >= 11 is 0. The van der Waals surface area contributed by atoms with Crippen molar-refractivity contribution in [3.8, 4) is 0 Å². The zero-order chi connectivity index (χ0) is 15.7. The number of aryl methyl sites for hydroxylation is 2. The third kappa shape index (κ3) is 2.91. The molecule has 0 bridgehead atoms. The van der Waals surface area contributed by atoms with Crippen LogP contribution in [0.15, 0.2) is 4.52 Å². The van der Waals surface area contributed by atoms with Crippen molar-refractivity contribution in [2.24, 2.45) is 5.92 Å². The van der Waals surface area contributed by atoms with Crippen LogP contribution in [0.1, 0.15) is 53.9 Å². The average molecular weight is 305 g/mol. The van der Waals surface area contributed by atoms with Gasteiger partial charge in [0.2, 0.25) is 0 Å². The summed E-state index contributed by atoms with van der Waals surface area (Å²) in [6.45, 7) is 6.60. The van der Waals surface area contributed by atoms with E-state index in [4.69, 9.17) is 4.52 Å². The van der Waals surface area contributed by atoms with Crippen molar-refractivity contribution in [1.29, 1.82) is 0 Å². The van der Waals surface area contributed by atoms with Crippen LogP contribution < -0.4 is 0 Å². The number of nitrogens with zero attached hydrogens (tertiary/aromatic N) is 3. The topological polar surface area (TPSA) is 49.6 Å². The summed E-state index contributed by atoms with van der Waals surface area (Å²) in [6, 6.07) is 0.713. The molecule has 0 spiro atoms. The van der Waals surface area contributed by atoms with Crippen molar-refractivity contribution in [2.75, 3.05) is 26.7 Å². The van der Waals surface area contributed by atoms with E-state index in [0.717, 1.165) is 31.8 Å². The summed E-state index contributed by atoms with van der Waals surface area (Å²) in [5.41, 5.74) is 1.37. The van der Waals surface area contributed by atoms with Crippen LogP contribution in [0.3, 0.4) is 0 Å². The molecule has 2 fully saturated rings. The Bertz CT molecular complexity index is 513. The molecular formula is C17H27N3O2. The Labute approximate surface area is 132 Å². The summed E-state index contributed by atoms with van der Waals surface area (Å²) in [5.74, 6) is 1.46. The molecule has 2 saturated heterocycles. The van der Waals surface area contributed by atoms with Crippen molar-refractivity contribution >= 4 is 5.91 Å². The lowest BCUT2D eigenvalue weighted by atomic mass is 9.84. The predicted molar refractivity (Wildman–Crippen MR) is 84.9 cm³/mol. The first-order valence-corrected chi connectivity index (χ1v) is 8.50. The molecule has 0 aromatic carbocycles. The molecule has 1 amide bonds. The SMILES string of the molecule is Cc1noc(C)c1C(=O)N1CCC(C2CCCCN2C)CC1. The maximum absolute atomic E-state index is 12.7. The molecule has 0 N–H and O–H groups in total. The highest BCUT2D eigenvalue weighted by Gasteiger charge is 2.33. The van der Waals surface area contributed by atoms with E-state index in [2.05, 4.69) is 17.1 Å². The molecule has 2 aliphatic rings. The first-order chi connectivity index (χ1) is 10.6. The van der Waals surface area contributed by atoms with E-state index < -0.39 is 0 Å². The fourth-order valence-corrected chi connectivity index (χ4v) is 4.13. The van der Waals surface area contributed by atoms with E-state index in [9.17, 15) is 4.79 Å². The number of likely N-dealkylation sites (tertiary alicyclic amines) is 2. The number of piperidine rings is 2. The predicted octanol–water partition coefficient (Wildman–Crippen LogP) is 2.63. The van der Waals surface area contributed by atoms with Gasteiger partial charge in [-0.05, 0) is 59.0 Å². The van der Waals surface area contributed by atoms with Gasteiger partial charge in [0.05, 0.1) is 5.69 Å². The lowest BCUT2D eigenvalue weighted by Gasteiger charge is -2.42. The number of hydrogen-bond donors (Lipinski definition) is 0. The number of amides is 1. The highest BCUT2D eigenvalue weighted by atomic mass is 16.5. The minimum atomic E-state index is 0.0895. The number of carbonyl (C=O) groups excluding carboxylic acids is 1. The van der Waals surface area contributed by atoms with Crippen molar-refractivity contribution in [3.63, 3.8) is 0 Å². The molecular weight excluding hydrogens is 278 g/mol. The highest BCUT2D eigenvalue weighted by Crippen LogP contribution is 2.30. The van der Waals surface area contributed by atoms with Crippen LogP contribution in [0.2, 0.25) is 0 Å². The Balaban J connectivity index is 1.61. The standard InChI is InChI=1S/C17H27N3O2/c1-12-16(13(2)22-18-12)17(21)20-10-7-14(8-11-20)15-6-4-5-9-19(15)3/h14-15H,4-11H2,1-3H3. The van der Waals surface area contributed by atoms with Crippen LogP contribution in [-0.2, 0) is 0 Å². The minimum absolute atomic E-state index is 0.0895. The quantitative estimate of drug-likeness (QED) is 0.843. The lowest BCUT2D eigenvalue weighted by Crippen LogP contribution is -2.47. The van der Waals surface area contributed by atoms with E-state index in [1.165, 1.54) is 25.8 Å². The Hall–Kier alpha value is -1.36. The van der Waals surface area contributed by atoms with Crippen molar-refractivity contribution < 1.29 is 9.32 Å². The largest absolute Gasteiger partial charge is 0.361 e. The van der Waals surface area contributed by atoms with Gasteiger partial charge in [0.1, 0.15) is 11.3 Å². The number of hydrogen-bond acceptors (Lipinski definition) is 4. The van der Waals surface area contributed by atoms with Gasteiger partial charge in [-0.25, -0.2) is 0 Å². The summed E-state index contributed by atoms with van der Waals surface area (Å²) in [5, 5.41) is 3.90. The second-order valence-corrected chi connectivity index (χ2v) is 6.87. The molecule has 5 heteroatoms. The maximum Gasteiger partial charge on any atom is 0.259 e. The van der Waals surface area contributed by atoms with E-state index in [1.807, 2.05) is 18.7 Å². The molecule has 5 nitrogen and oxygen atoms in total. The number of aromatic nitrogens is 1. The van der Waals surface area contributed by atoms with Crippen LogP contribution in [0.5, 0.6) is 0 Å². The minimum Gasteiger partial charge on any atom is -0.361 e. The first kappa shape index (κ1) is 15.5. The average Bonchev–Trinajstić information content (AvgIpc) is 2.86. The zero-order valence-corrected chi connectivity index (χ0v) is 14.0. The summed E-state index contributed by atoms with van der Waals surface area (Å²) in [7, 11) is 2.26. The van der Waals surface area contributed by atoms with Crippen LogP contribution in [0.4, 0.5) is 0 Å². The number of rotatable bonds is 2. The van der Waals surface area contributed by atoms with Gasteiger partial charge in [0, 0.05) is 19.1 Å². The second-order valence-electron chi connectivity index (χ2n) is 6.87. The molecule has 22 heavy (non-hydrogen) atoms. The van der Waals surface area contributed by atoms with Crippen molar-refractivity contribution in [1.82, 2.24) is 15.0 Å². The van der Waals surface area contributed by atoms with E-state index >= 15 is 0 Å². The zero-order valence-electron chi connectivity index (χ0n) is 14.0. The van der Waals surface area contributed by atoms with Crippen LogP contribution >= 0.6 is 0 Å². The normalized spacial score (nSPS) is 24.7. The highest BCUT2D eigenvalue weighted by molar-refractivity contribution is 5.96. The Kier molecular flexibility index (Phi) is 4.52. The lowest BCUT2D eigenvalue weighted by molar-refractivity contribution is 0.0553. The molecule has 0 saturated carbocycles. The van der Waals surface area contributed by atoms with E-state index in [1.54, 1.807) is 0 Å². The maximum atomic E-state index is 12.7. The fourth-order valence-electron chi connectivity index (χ4n) is 4.13. The van der Waals surface area contributed by atoms with E-state index in [-0.39, 0.29) is 5.91 Å². The Morgan fingerprint density at radius 3 is 2.45 bits per heavy atom. The first-order valence-electron chi connectivity index (χ1n) is 8.50. The van der Waals surface area contributed by atoms with Gasteiger partial charge in [-0.15, -0.1) is 0 Å². The van der Waals surface area contributed by atoms with Gasteiger partial charge in [-0.3, -0.25) is 4.79 Å². The molecule has 2 aliphatic heterocycles. The molecule has 1 aromatic heterocycles.